The molecule has 144 valence electrons. The van der Waals surface area contributed by atoms with Gasteiger partial charge >= 0.3 is 0 Å². The number of benzene rings is 1. The Morgan fingerprint density at radius 1 is 1.26 bits per heavy atom. The maximum absolute atomic E-state index is 9.33. The third-order valence-corrected chi connectivity index (χ3v) is 4.50. The van der Waals surface area contributed by atoms with Gasteiger partial charge in [-0.3, -0.25) is 0 Å². The first kappa shape index (κ1) is 19.2. The molecule has 0 aliphatic carbocycles. The summed E-state index contributed by atoms with van der Waals surface area (Å²) in [6, 6.07) is 9.66. The van der Waals surface area contributed by atoms with E-state index in [0.29, 0.717) is 18.4 Å². The number of rotatable bonds is 9. The highest BCUT2D eigenvalue weighted by atomic mass is 16.5. The Morgan fingerprint density at radius 2 is 2.04 bits per heavy atom. The Morgan fingerprint density at radius 3 is 2.74 bits per heavy atom. The van der Waals surface area contributed by atoms with Gasteiger partial charge in [0.25, 0.3) is 0 Å². The lowest BCUT2D eigenvalue weighted by atomic mass is 10.2. The number of nitrogens with zero attached hydrogens (tertiary/aromatic N) is 2. The third kappa shape index (κ3) is 5.46. The number of quaternary nitrogens is 1. The fourth-order valence-corrected chi connectivity index (χ4v) is 3.00. The minimum Gasteiger partial charge on any atom is -0.494 e. The summed E-state index contributed by atoms with van der Waals surface area (Å²) in [5, 5.41) is 12.5. The first-order valence-electron chi connectivity index (χ1n) is 9.59. The molecule has 3 rings (SSSR count). The lowest BCUT2D eigenvalue weighted by molar-refractivity contribution is -0.908. The van der Waals surface area contributed by atoms with Crippen LogP contribution in [0.4, 0.5) is 5.88 Å². The van der Waals surface area contributed by atoms with Crippen LogP contribution in [0.2, 0.25) is 0 Å². The molecular weight excluding hydrogens is 344 g/mol. The molecule has 0 radical (unpaired) electrons. The highest BCUT2D eigenvalue weighted by molar-refractivity contribution is 5.59. The van der Waals surface area contributed by atoms with Crippen LogP contribution in [-0.4, -0.2) is 51.0 Å². The zero-order valence-electron chi connectivity index (χ0n) is 15.8. The predicted molar refractivity (Wildman–Crippen MR) is 102 cm³/mol. The maximum Gasteiger partial charge on any atom is 0.232 e. The minimum atomic E-state index is 0.287. The number of hydrogen-bond acceptors (Lipinski definition) is 6. The van der Waals surface area contributed by atoms with Crippen molar-refractivity contribution in [1.29, 1.82) is 5.26 Å². The highest BCUT2D eigenvalue weighted by Crippen LogP contribution is 2.26. The fourth-order valence-electron chi connectivity index (χ4n) is 3.00. The number of nitrogens with one attached hydrogen (secondary N) is 2. The van der Waals surface area contributed by atoms with Gasteiger partial charge in [-0.2, -0.15) is 10.2 Å². The molecule has 1 saturated heterocycles. The first-order chi connectivity index (χ1) is 13.3. The average molecular weight is 371 g/mol. The Balaban J connectivity index is 1.55. The van der Waals surface area contributed by atoms with E-state index in [2.05, 4.69) is 23.3 Å². The molecule has 2 aromatic rings. The fraction of sp³-hybridized carbons (Fsp3) is 0.500. The van der Waals surface area contributed by atoms with Crippen LogP contribution in [0.5, 0.6) is 5.75 Å². The van der Waals surface area contributed by atoms with Crippen molar-refractivity contribution in [2.24, 2.45) is 0 Å². The van der Waals surface area contributed by atoms with Gasteiger partial charge in [0.15, 0.2) is 0 Å². The molecule has 7 heteroatoms. The molecule has 0 unspecified atom stereocenters. The molecular formula is C20H27N4O3+. The molecule has 1 aromatic carbocycles. The van der Waals surface area contributed by atoms with E-state index in [0.717, 1.165) is 63.5 Å². The van der Waals surface area contributed by atoms with Crippen molar-refractivity contribution in [1.82, 2.24) is 4.98 Å². The lowest BCUT2D eigenvalue weighted by Gasteiger charge is -2.23. The van der Waals surface area contributed by atoms with E-state index in [1.807, 2.05) is 24.3 Å². The molecule has 0 atom stereocenters. The first-order valence-corrected chi connectivity index (χ1v) is 9.59. The van der Waals surface area contributed by atoms with Gasteiger partial charge < -0.3 is 24.1 Å². The van der Waals surface area contributed by atoms with Crippen LogP contribution < -0.4 is 15.0 Å². The molecule has 1 fully saturated rings. The second kappa shape index (κ2) is 9.95. The second-order valence-corrected chi connectivity index (χ2v) is 6.57. The standard InChI is InChI=1S/C20H26N4O3/c1-2-12-26-17-6-4-16(5-7-17)19-23-18(15-21)20(27-19)22-8-3-9-24-10-13-25-14-11-24/h4-7,22H,2-3,8-14H2,1H3/p+1. The summed E-state index contributed by atoms with van der Waals surface area (Å²) < 4.78 is 16.8. The summed E-state index contributed by atoms with van der Waals surface area (Å²) in [4.78, 5) is 5.87. The van der Waals surface area contributed by atoms with Crippen LogP contribution in [0, 0.1) is 11.3 Å². The number of hydrogen-bond donors (Lipinski definition) is 2. The van der Waals surface area contributed by atoms with Gasteiger partial charge in [-0.05, 0) is 30.7 Å². The second-order valence-electron chi connectivity index (χ2n) is 6.57. The highest BCUT2D eigenvalue weighted by Gasteiger charge is 2.16. The zero-order chi connectivity index (χ0) is 18.9. The predicted octanol–water partition coefficient (Wildman–Crippen LogP) is 1.72. The molecule has 2 heterocycles. The SMILES string of the molecule is CCCOc1ccc(-c2nc(C#N)c(NCCC[NH+]3CCOCC3)o2)cc1. The summed E-state index contributed by atoms with van der Waals surface area (Å²) in [5.74, 6) is 1.70. The molecule has 1 aromatic heterocycles. The smallest absolute Gasteiger partial charge is 0.232 e. The lowest BCUT2D eigenvalue weighted by Crippen LogP contribution is -3.14. The van der Waals surface area contributed by atoms with Crippen molar-refractivity contribution >= 4 is 5.88 Å². The van der Waals surface area contributed by atoms with Crippen molar-refractivity contribution in [2.45, 2.75) is 19.8 Å². The normalized spacial score (nSPS) is 14.7. The van der Waals surface area contributed by atoms with E-state index in [1.54, 1.807) is 4.90 Å². The summed E-state index contributed by atoms with van der Waals surface area (Å²) in [6.45, 7) is 8.40. The quantitative estimate of drug-likeness (QED) is 0.653. The molecule has 0 saturated carbocycles. The largest absolute Gasteiger partial charge is 0.494 e. The van der Waals surface area contributed by atoms with Crippen LogP contribution >= 0.6 is 0 Å². The molecule has 0 bridgehead atoms. The van der Waals surface area contributed by atoms with Gasteiger partial charge in [-0.1, -0.05) is 6.92 Å². The number of nitriles is 1. The Labute approximate surface area is 159 Å². The molecule has 0 amide bonds. The van der Waals surface area contributed by atoms with Gasteiger partial charge in [0.1, 0.15) is 24.9 Å². The zero-order valence-corrected chi connectivity index (χ0v) is 15.8. The summed E-state index contributed by atoms with van der Waals surface area (Å²) in [5.41, 5.74) is 1.11. The number of aromatic nitrogens is 1. The Kier molecular flexibility index (Phi) is 7.08. The molecule has 27 heavy (non-hydrogen) atoms. The monoisotopic (exact) mass is 371 g/mol. The molecule has 1 aliphatic rings. The van der Waals surface area contributed by atoms with E-state index in [9.17, 15) is 5.26 Å². The van der Waals surface area contributed by atoms with E-state index in [1.165, 1.54) is 0 Å². The Hall–Kier alpha value is -2.56. The Bertz CT molecular complexity index is 746. The van der Waals surface area contributed by atoms with Gasteiger partial charge in [0, 0.05) is 18.5 Å². The van der Waals surface area contributed by atoms with Gasteiger partial charge in [0.05, 0.1) is 26.4 Å². The summed E-state index contributed by atoms with van der Waals surface area (Å²) >= 11 is 0. The molecule has 0 spiro atoms. The van der Waals surface area contributed by atoms with Crippen molar-refractivity contribution in [2.75, 3.05) is 51.3 Å². The topological polar surface area (TPSA) is 84.8 Å². The van der Waals surface area contributed by atoms with Gasteiger partial charge in [0.2, 0.25) is 17.5 Å². The van der Waals surface area contributed by atoms with Crippen molar-refractivity contribution in [3.05, 3.63) is 30.0 Å². The van der Waals surface area contributed by atoms with Crippen LogP contribution in [0.15, 0.2) is 28.7 Å². The van der Waals surface area contributed by atoms with Crippen LogP contribution in [0.3, 0.4) is 0 Å². The molecule has 2 N–H and O–H groups in total. The number of morpholine rings is 1. The average Bonchev–Trinajstić information content (AvgIpc) is 3.14. The number of oxazole rings is 1. The van der Waals surface area contributed by atoms with E-state index < -0.39 is 0 Å². The van der Waals surface area contributed by atoms with Crippen molar-refractivity contribution < 1.29 is 18.8 Å². The molecule has 7 nitrogen and oxygen atoms in total. The van der Waals surface area contributed by atoms with E-state index in [-0.39, 0.29) is 5.69 Å². The van der Waals surface area contributed by atoms with Crippen LogP contribution in [-0.2, 0) is 4.74 Å². The summed E-state index contributed by atoms with van der Waals surface area (Å²) in [7, 11) is 0. The minimum absolute atomic E-state index is 0.287. The van der Waals surface area contributed by atoms with Crippen LogP contribution in [0.25, 0.3) is 11.5 Å². The number of anilines is 1. The van der Waals surface area contributed by atoms with Crippen molar-refractivity contribution in [3.8, 4) is 23.3 Å². The van der Waals surface area contributed by atoms with E-state index >= 15 is 0 Å². The maximum atomic E-state index is 9.33. The van der Waals surface area contributed by atoms with Gasteiger partial charge in [-0.25, -0.2) is 0 Å². The van der Waals surface area contributed by atoms with Crippen molar-refractivity contribution in [3.63, 3.8) is 0 Å². The van der Waals surface area contributed by atoms with Gasteiger partial charge in [-0.15, -0.1) is 0 Å². The number of ether oxygens (including phenoxy) is 2. The third-order valence-electron chi connectivity index (χ3n) is 4.50. The summed E-state index contributed by atoms with van der Waals surface area (Å²) in [6.07, 6.45) is 1.97. The molecule has 1 aliphatic heterocycles. The van der Waals surface area contributed by atoms with Crippen LogP contribution in [0.1, 0.15) is 25.5 Å². The van der Waals surface area contributed by atoms with E-state index in [4.69, 9.17) is 13.9 Å².